The zero-order chi connectivity index (χ0) is 15.8. The molecule has 2 fully saturated rings. The molecule has 0 saturated carbocycles. The molecule has 2 aromatic rings. The van der Waals surface area contributed by atoms with Crippen molar-refractivity contribution in [3.05, 3.63) is 40.8 Å². The number of hydrogen-bond acceptors (Lipinski definition) is 5. The molecule has 2 saturated heterocycles. The maximum atomic E-state index is 12.3. The van der Waals surface area contributed by atoms with Gasteiger partial charge in [0, 0.05) is 43.7 Å². The van der Waals surface area contributed by atoms with E-state index in [9.17, 15) is 9.59 Å². The highest BCUT2D eigenvalue weighted by atomic mass is 35.5. The van der Waals surface area contributed by atoms with Crippen molar-refractivity contribution in [1.82, 2.24) is 10.2 Å². The summed E-state index contributed by atoms with van der Waals surface area (Å²) in [4.78, 5) is 25.4. The lowest BCUT2D eigenvalue weighted by molar-refractivity contribution is -0.132. The smallest absolute Gasteiger partial charge is 0.336 e. The predicted octanol–water partition coefficient (Wildman–Crippen LogP) is 1.27. The maximum absolute atomic E-state index is 12.3. The first-order valence-electron chi connectivity index (χ1n) is 7.84. The molecule has 1 aromatic heterocycles. The lowest BCUT2D eigenvalue weighted by Crippen LogP contribution is -2.35. The van der Waals surface area contributed by atoms with Gasteiger partial charge in [-0.15, -0.1) is 12.4 Å². The van der Waals surface area contributed by atoms with Gasteiger partial charge in [0.05, 0.1) is 0 Å². The van der Waals surface area contributed by atoms with Crippen molar-refractivity contribution < 1.29 is 13.9 Å². The number of likely N-dealkylation sites (tertiary alicyclic amines) is 1. The van der Waals surface area contributed by atoms with Crippen molar-refractivity contribution in [1.29, 1.82) is 0 Å². The Morgan fingerprint density at radius 3 is 2.67 bits per heavy atom. The Hall–Kier alpha value is -2.05. The molecular weight excluding hydrogens is 332 g/mol. The van der Waals surface area contributed by atoms with Crippen LogP contribution in [0.2, 0.25) is 0 Å². The predicted molar refractivity (Wildman–Crippen MR) is 91.7 cm³/mol. The highest BCUT2D eigenvalue weighted by molar-refractivity contribution is 5.85. The summed E-state index contributed by atoms with van der Waals surface area (Å²) in [7, 11) is 0. The van der Waals surface area contributed by atoms with Gasteiger partial charge in [0.15, 0.2) is 6.61 Å². The Balaban J connectivity index is 0.00000169. The molecule has 24 heavy (non-hydrogen) atoms. The fourth-order valence-electron chi connectivity index (χ4n) is 3.43. The Bertz CT molecular complexity index is 795. The van der Waals surface area contributed by atoms with Gasteiger partial charge >= 0.3 is 5.63 Å². The molecule has 128 valence electrons. The highest BCUT2D eigenvalue weighted by Gasteiger charge is 2.37. The molecule has 0 bridgehead atoms. The lowest BCUT2D eigenvalue weighted by atomic mass is 10.0. The van der Waals surface area contributed by atoms with E-state index >= 15 is 0 Å². The van der Waals surface area contributed by atoms with E-state index in [-0.39, 0.29) is 24.9 Å². The van der Waals surface area contributed by atoms with Gasteiger partial charge in [-0.25, -0.2) is 4.79 Å². The van der Waals surface area contributed by atoms with E-state index in [1.807, 2.05) is 11.0 Å². The number of carbonyl (C=O) groups excluding carboxylic acids is 1. The molecule has 0 aliphatic carbocycles. The van der Waals surface area contributed by atoms with Crippen molar-refractivity contribution in [2.24, 2.45) is 11.8 Å². The fourth-order valence-corrected chi connectivity index (χ4v) is 3.43. The first kappa shape index (κ1) is 16.8. The van der Waals surface area contributed by atoms with E-state index in [0.29, 0.717) is 23.2 Å². The van der Waals surface area contributed by atoms with Gasteiger partial charge in [-0.3, -0.25) is 4.79 Å². The molecule has 1 N–H and O–H groups in total. The fraction of sp³-hybridized carbons (Fsp3) is 0.412. The third-order valence-electron chi connectivity index (χ3n) is 4.70. The molecule has 0 radical (unpaired) electrons. The summed E-state index contributed by atoms with van der Waals surface area (Å²) in [5.41, 5.74) is 0.0622. The minimum atomic E-state index is -0.400. The Morgan fingerprint density at radius 2 is 1.92 bits per heavy atom. The van der Waals surface area contributed by atoms with Crippen LogP contribution < -0.4 is 15.7 Å². The van der Waals surface area contributed by atoms with Gasteiger partial charge in [-0.2, -0.15) is 0 Å². The van der Waals surface area contributed by atoms with E-state index in [0.717, 1.165) is 31.6 Å². The molecule has 1 amide bonds. The molecule has 2 aliphatic heterocycles. The summed E-state index contributed by atoms with van der Waals surface area (Å²) in [6, 6.07) is 8.31. The Morgan fingerprint density at radius 1 is 1.21 bits per heavy atom. The number of halogens is 1. The summed E-state index contributed by atoms with van der Waals surface area (Å²) < 4.78 is 10.7. The lowest BCUT2D eigenvalue weighted by Gasteiger charge is -2.17. The molecule has 3 heterocycles. The van der Waals surface area contributed by atoms with Crippen LogP contribution in [0.4, 0.5) is 0 Å². The van der Waals surface area contributed by atoms with Crippen LogP contribution in [0.5, 0.6) is 5.75 Å². The monoisotopic (exact) mass is 350 g/mol. The second-order valence-electron chi connectivity index (χ2n) is 6.22. The number of fused-ring (bicyclic) bond motifs is 2. The summed E-state index contributed by atoms with van der Waals surface area (Å²) in [5, 5.41) is 4.18. The molecule has 0 unspecified atom stereocenters. The van der Waals surface area contributed by atoms with Crippen LogP contribution in [-0.2, 0) is 4.79 Å². The number of amides is 1. The van der Waals surface area contributed by atoms with Gasteiger partial charge in [-0.05, 0) is 30.0 Å². The quantitative estimate of drug-likeness (QED) is 0.844. The molecule has 2 aliphatic rings. The van der Waals surface area contributed by atoms with Crippen molar-refractivity contribution >= 4 is 29.3 Å². The summed E-state index contributed by atoms with van der Waals surface area (Å²) in [6.45, 7) is 3.63. The highest BCUT2D eigenvalue weighted by Crippen LogP contribution is 2.26. The third kappa shape index (κ3) is 3.25. The standard InChI is InChI=1S/C17H18N2O4.ClH/c20-16(19-8-12-6-18-7-13(12)9-19)10-22-14-3-1-11-2-4-17(21)23-15(11)5-14;/h1-5,12-13,18H,6-10H2;1H/t12-,13+;. The second kappa shape index (κ2) is 6.83. The van der Waals surface area contributed by atoms with Crippen LogP contribution >= 0.6 is 12.4 Å². The van der Waals surface area contributed by atoms with E-state index in [2.05, 4.69) is 5.32 Å². The van der Waals surface area contributed by atoms with E-state index in [4.69, 9.17) is 9.15 Å². The summed E-state index contributed by atoms with van der Waals surface area (Å²) in [5.74, 6) is 1.69. The third-order valence-corrected chi connectivity index (χ3v) is 4.70. The minimum absolute atomic E-state index is 0. The maximum Gasteiger partial charge on any atom is 0.336 e. The van der Waals surface area contributed by atoms with Crippen LogP contribution in [0.25, 0.3) is 11.0 Å². The van der Waals surface area contributed by atoms with E-state index in [1.165, 1.54) is 6.07 Å². The molecule has 0 spiro atoms. The number of carbonyl (C=O) groups is 1. The largest absolute Gasteiger partial charge is 0.484 e. The summed E-state index contributed by atoms with van der Waals surface area (Å²) >= 11 is 0. The molecule has 4 rings (SSSR count). The molecule has 6 nitrogen and oxygen atoms in total. The van der Waals surface area contributed by atoms with Gasteiger partial charge < -0.3 is 19.4 Å². The average Bonchev–Trinajstić information content (AvgIpc) is 3.13. The topological polar surface area (TPSA) is 71.8 Å². The number of nitrogens with zero attached hydrogens (tertiary/aromatic N) is 1. The van der Waals surface area contributed by atoms with Crippen LogP contribution in [0.3, 0.4) is 0 Å². The molecular formula is C17H19ClN2O4. The van der Waals surface area contributed by atoms with Gasteiger partial charge in [-0.1, -0.05) is 0 Å². The van der Waals surface area contributed by atoms with Crippen LogP contribution in [0.15, 0.2) is 39.5 Å². The number of ether oxygens (including phenoxy) is 1. The van der Waals surface area contributed by atoms with Crippen LogP contribution in [0, 0.1) is 11.8 Å². The number of hydrogen-bond donors (Lipinski definition) is 1. The molecule has 2 atom stereocenters. The first-order chi connectivity index (χ1) is 11.2. The van der Waals surface area contributed by atoms with Crippen molar-refractivity contribution in [3.8, 4) is 5.75 Å². The van der Waals surface area contributed by atoms with Crippen LogP contribution in [-0.4, -0.2) is 43.6 Å². The zero-order valence-corrected chi connectivity index (χ0v) is 13.9. The van der Waals surface area contributed by atoms with Crippen molar-refractivity contribution in [2.45, 2.75) is 0 Å². The Labute approximate surface area is 145 Å². The normalized spacial score (nSPS) is 22.2. The summed E-state index contributed by atoms with van der Waals surface area (Å²) in [6.07, 6.45) is 0. The van der Waals surface area contributed by atoms with Gasteiger partial charge in [0.1, 0.15) is 11.3 Å². The number of nitrogens with one attached hydrogen (secondary N) is 1. The van der Waals surface area contributed by atoms with Gasteiger partial charge in [0.2, 0.25) is 0 Å². The number of benzene rings is 1. The first-order valence-corrected chi connectivity index (χ1v) is 7.84. The Kier molecular flexibility index (Phi) is 4.78. The van der Waals surface area contributed by atoms with Crippen molar-refractivity contribution in [2.75, 3.05) is 32.8 Å². The van der Waals surface area contributed by atoms with Gasteiger partial charge in [0.25, 0.3) is 5.91 Å². The van der Waals surface area contributed by atoms with Crippen LogP contribution in [0.1, 0.15) is 0 Å². The zero-order valence-electron chi connectivity index (χ0n) is 13.1. The van der Waals surface area contributed by atoms with Crippen molar-refractivity contribution in [3.63, 3.8) is 0 Å². The number of rotatable bonds is 3. The minimum Gasteiger partial charge on any atom is -0.484 e. The van der Waals surface area contributed by atoms with E-state index < -0.39 is 5.63 Å². The molecule has 1 aromatic carbocycles. The second-order valence-corrected chi connectivity index (χ2v) is 6.22. The average molecular weight is 351 g/mol. The van der Waals surface area contributed by atoms with E-state index in [1.54, 1.807) is 18.2 Å². The SMILES string of the molecule is Cl.O=C(COc1ccc2ccc(=O)oc2c1)N1C[C@H]2CNC[C@H]2C1. The molecule has 7 heteroatoms.